The fourth-order valence-electron chi connectivity index (χ4n) is 2.20. The molecule has 0 unspecified atom stereocenters. The van der Waals surface area contributed by atoms with Gasteiger partial charge in [-0.1, -0.05) is 23.7 Å². The topological polar surface area (TPSA) is 58.2 Å². The Morgan fingerprint density at radius 1 is 1.12 bits per heavy atom. The van der Waals surface area contributed by atoms with Crippen molar-refractivity contribution < 1.29 is 9.59 Å². The molecule has 2 aromatic rings. The van der Waals surface area contributed by atoms with Crippen LogP contribution in [0.4, 0.5) is 5.69 Å². The predicted molar refractivity (Wildman–Crippen MR) is 100.0 cm³/mol. The molecule has 4 nitrogen and oxygen atoms in total. The first-order chi connectivity index (χ1) is 11.5. The zero-order chi connectivity index (χ0) is 17.5. The summed E-state index contributed by atoms with van der Waals surface area (Å²) in [5.74, 6) is 0.320. The van der Waals surface area contributed by atoms with Gasteiger partial charge in [-0.15, -0.1) is 11.8 Å². The van der Waals surface area contributed by atoms with Crippen LogP contribution in [0.15, 0.2) is 47.4 Å². The third kappa shape index (κ3) is 5.01. The smallest absolute Gasteiger partial charge is 0.253 e. The summed E-state index contributed by atoms with van der Waals surface area (Å²) in [6.45, 7) is 1.84. The molecule has 0 atom stereocenters. The summed E-state index contributed by atoms with van der Waals surface area (Å²) < 4.78 is 0. The molecule has 0 spiro atoms. The summed E-state index contributed by atoms with van der Waals surface area (Å²) in [6, 6.07) is 12.9. The molecule has 0 aliphatic heterocycles. The molecule has 2 rings (SSSR count). The van der Waals surface area contributed by atoms with Gasteiger partial charge in [0.05, 0.1) is 11.3 Å². The van der Waals surface area contributed by atoms with Crippen molar-refractivity contribution in [3.63, 3.8) is 0 Å². The van der Waals surface area contributed by atoms with Crippen LogP contribution >= 0.6 is 23.4 Å². The van der Waals surface area contributed by atoms with E-state index in [9.17, 15) is 9.59 Å². The van der Waals surface area contributed by atoms with Gasteiger partial charge in [-0.2, -0.15) is 0 Å². The van der Waals surface area contributed by atoms with E-state index in [2.05, 4.69) is 10.6 Å². The van der Waals surface area contributed by atoms with Crippen molar-refractivity contribution in [3.05, 3.63) is 58.6 Å². The number of carbonyl (C=O) groups is 2. The summed E-state index contributed by atoms with van der Waals surface area (Å²) in [6.07, 6.45) is 0.356. The summed E-state index contributed by atoms with van der Waals surface area (Å²) >= 11 is 7.43. The summed E-state index contributed by atoms with van der Waals surface area (Å²) in [5, 5.41) is 6.12. The first-order valence-corrected chi connectivity index (χ1v) is 8.87. The number of thioether (sulfide) groups is 1. The van der Waals surface area contributed by atoms with E-state index in [0.717, 1.165) is 10.5 Å². The maximum absolute atomic E-state index is 12.2. The van der Waals surface area contributed by atoms with E-state index in [1.807, 2.05) is 43.3 Å². The lowest BCUT2D eigenvalue weighted by Gasteiger charge is -2.12. The highest BCUT2D eigenvalue weighted by molar-refractivity contribution is 7.99. The Morgan fingerprint density at radius 2 is 1.83 bits per heavy atom. The normalized spacial score (nSPS) is 10.3. The van der Waals surface area contributed by atoms with E-state index in [4.69, 9.17) is 11.6 Å². The van der Waals surface area contributed by atoms with E-state index < -0.39 is 0 Å². The number of amides is 2. The van der Waals surface area contributed by atoms with Crippen molar-refractivity contribution in [2.24, 2.45) is 0 Å². The van der Waals surface area contributed by atoms with E-state index in [0.29, 0.717) is 28.4 Å². The average molecular weight is 363 g/mol. The maximum atomic E-state index is 12.2. The van der Waals surface area contributed by atoms with Crippen molar-refractivity contribution in [2.45, 2.75) is 18.2 Å². The Bertz CT molecular complexity index is 732. The first kappa shape index (κ1) is 18.4. The van der Waals surface area contributed by atoms with Crippen LogP contribution in [-0.2, 0) is 4.79 Å². The minimum atomic E-state index is -0.209. The molecule has 24 heavy (non-hydrogen) atoms. The van der Waals surface area contributed by atoms with Gasteiger partial charge in [0.25, 0.3) is 5.91 Å². The largest absolute Gasteiger partial charge is 0.355 e. The molecule has 0 saturated heterocycles. The highest BCUT2D eigenvalue weighted by atomic mass is 35.5. The zero-order valence-corrected chi connectivity index (χ0v) is 15.1. The summed E-state index contributed by atoms with van der Waals surface area (Å²) in [4.78, 5) is 25.2. The molecular formula is C18H19ClN2O2S. The van der Waals surface area contributed by atoms with Gasteiger partial charge in [0.2, 0.25) is 5.91 Å². The van der Waals surface area contributed by atoms with Crippen LogP contribution in [0.3, 0.4) is 0 Å². The molecular weight excluding hydrogens is 344 g/mol. The number of aryl methyl sites for hydroxylation is 1. The Morgan fingerprint density at radius 3 is 2.50 bits per heavy atom. The van der Waals surface area contributed by atoms with Crippen LogP contribution in [0.5, 0.6) is 0 Å². The quantitative estimate of drug-likeness (QED) is 0.759. The Kier molecular flexibility index (Phi) is 6.70. The van der Waals surface area contributed by atoms with Crippen LogP contribution in [-0.4, -0.2) is 24.6 Å². The van der Waals surface area contributed by atoms with Crippen molar-refractivity contribution in [1.82, 2.24) is 5.32 Å². The number of nitrogens with one attached hydrogen (secondary N) is 2. The fraction of sp³-hybridized carbons (Fsp3) is 0.222. The predicted octanol–water partition coefficient (Wildman–Crippen LogP) is 4.13. The molecule has 2 aromatic carbocycles. The SMILES string of the molecule is CNC(=O)c1c(C)cccc1NC(=O)CCSc1ccc(Cl)cc1. The number of benzene rings is 2. The minimum Gasteiger partial charge on any atom is -0.355 e. The van der Waals surface area contributed by atoms with Gasteiger partial charge >= 0.3 is 0 Å². The van der Waals surface area contributed by atoms with E-state index in [1.165, 1.54) is 0 Å². The van der Waals surface area contributed by atoms with Gasteiger partial charge in [-0.3, -0.25) is 9.59 Å². The molecule has 0 heterocycles. The lowest BCUT2D eigenvalue weighted by Crippen LogP contribution is -2.22. The van der Waals surface area contributed by atoms with Crippen LogP contribution in [0.2, 0.25) is 5.02 Å². The molecule has 6 heteroatoms. The Hall–Kier alpha value is -1.98. The van der Waals surface area contributed by atoms with Crippen LogP contribution in [0.1, 0.15) is 22.3 Å². The fourth-order valence-corrected chi connectivity index (χ4v) is 3.18. The van der Waals surface area contributed by atoms with Gasteiger partial charge in [0.15, 0.2) is 0 Å². The maximum Gasteiger partial charge on any atom is 0.253 e. The Balaban J connectivity index is 1.94. The van der Waals surface area contributed by atoms with E-state index in [1.54, 1.807) is 24.9 Å². The van der Waals surface area contributed by atoms with Crippen LogP contribution in [0.25, 0.3) is 0 Å². The molecule has 0 radical (unpaired) electrons. The second-order valence-corrected chi connectivity index (χ2v) is 6.78. The monoisotopic (exact) mass is 362 g/mol. The standard InChI is InChI=1S/C18H19ClN2O2S/c1-12-4-3-5-15(17(12)18(23)20-2)21-16(22)10-11-24-14-8-6-13(19)7-9-14/h3-9H,10-11H2,1-2H3,(H,20,23)(H,21,22). The Labute approximate surface area is 151 Å². The van der Waals surface area contributed by atoms with Gasteiger partial charge in [0.1, 0.15) is 0 Å². The van der Waals surface area contributed by atoms with Crippen molar-refractivity contribution in [1.29, 1.82) is 0 Å². The molecule has 0 aromatic heterocycles. The highest BCUT2D eigenvalue weighted by Gasteiger charge is 2.14. The van der Waals surface area contributed by atoms with Crippen molar-refractivity contribution in [3.8, 4) is 0 Å². The molecule has 0 fully saturated rings. The van der Waals surface area contributed by atoms with E-state index >= 15 is 0 Å². The van der Waals surface area contributed by atoms with Crippen LogP contribution < -0.4 is 10.6 Å². The average Bonchev–Trinajstić information content (AvgIpc) is 2.56. The number of anilines is 1. The van der Waals surface area contributed by atoms with Gasteiger partial charge in [0, 0.05) is 29.1 Å². The van der Waals surface area contributed by atoms with Gasteiger partial charge in [-0.05, 0) is 42.8 Å². The summed E-state index contributed by atoms with van der Waals surface area (Å²) in [7, 11) is 1.57. The molecule has 2 N–H and O–H groups in total. The number of halogens is 1. The van der Waals surface area contributed by atoms with E-state index in [-0.39, 0.29) is 11.8 Å². The number of carbonyl (C=O) groups excluding carboxylic acids is 2. The van der Waals surface area contributed by atoms with Crippen molar-refractivity contribution >= 4 is 40.9 Å². The molecule has 0 aliphatic rings. The molecule has 126 valence electrons. The number of rotatable bonds is 6. The lowest BCUT2D eigenvalue weighted by atomic mass is 10.1. The minimum absolute atomic E-state index is 0.118. The lowest BCUT2D eigenvalue weighted by molar-refractivity contribution is -0.115. The molecule has 0 bridgehead atoms. The van der Waals surface area contributed by atoms with Crippen LogP contribution in [0, 0.1) is 6.92 Å². The molecule has 0 saturated carbocycles. The van der Waals surface area contributed by atoms with Crippen molar-refractivity contribution in [2.75, 3.05) is 18.1 Å². The second-order valence-electron chi connectivity index (χ2n) is 5.18. The summed E-state index contributed by atoms with van der Waals surface area (Å²) in [5.41, 5.74) is 1.86. The molecule has 0 aliphatic carbocycles. The number of hydrogen-bond acceptors (Lipinski definition) is 3. The zero-order valence-electron chi connectivity index (χ0n) is 13.6. The highest BCUT2D eigenvalue weighted by Crippen LogP contribution is 2.22. The first-order valence-electron chi connectivity index (χ1n) is 7.51. The van der Waals surface area contributed by atoms with Gasteiger partial charge < -0.3 is 10.6 Å². The van der Waals surface area contributed by atoms with Gasteiger partial charge in [-0.25, -0.2) is 0 Å². The molecule has 2 amide bonds. The third-order valence-corrected chi connectivity index (χ3v) is 4.68. The third-order valence-electron chi connectivity index (χ3n) is 3.41. The second kappa shape index (κ2) is 8.76. The number of hydrogen-bond donors (Lipinski definition) is 2.